The van der Waals surface area contributed by atoms with Gasteiger partial charge in [-0.05, 0) is 23.4 Å². The van der Waals surface area contributed by atoms with E-state index in [9.17, 15) is 0 Å². The summed E-state index contributed by atoms with van der Waals surface area (Å²) in [6.45, 7) is 5.12. The molecule has 3 rings (SSSR count). The Labute approximate surface area is 124 Å². The molecule has 2 aromatic heterocycles. The second-order valence-corrected chi connectivity index (χ2v) is 5.62. The molecule has 0 amide bonds. The van der Waals surface area contributed by atoms with Crippen molar-refractivity contribution in [3.8, 4) is 0 Å². The number of fused-ring (bicyclic) bond motifs is 1. The third-order valence-electron chi connectivity index (χ3n) is 3.64. The molecule has 108 valence electrons. The van der Waals surface area contributed by atoms with Crippen molar-refractivity contribution in [1.82, 2.24) is 14.8 Å². The van der Waals surface area contributed by atoms with Crippen LogP contribution in [0.5, 0.6) is 0 Å². The molecular formula is C17H20N4. The quantitative estimate of drug-likeness (QED) is 0.792. The van der Waals surface area contributed by atoms with Crippen LogP contribution >= 0.6 is 0 Å². The molecule has 2 heterocycles. The van der Waals surface area contributed by atoms with E-state index in [0.717, 1.165) is 23.3 Å². The molecule has 4 heteroatoms. The second kappa shape index (κ2) is 5.56. The summed E-state index contributed by atoms with van der Waals surface area (Å²) >= 11 is 0. The fourth-order valence-corrected chi connectivity index (χ4v) is 2.64. The van der Waals surface area contributed by atoms with E-state index < -0.39 is 0 Å². The Morgan fingerprint density at radius 3 is 2.90 bits per heavy atom. The number of rotatable bonds is 4. The largest absolute Gasteiger partial charge is 0.380 e. The minimum Gasteiger partial charge on any atom is -0.380 e. The van der Waals surface area contributed by atoms with Crippen molar-refractivity contribution < 1.29 is 0 Å². The molecule has 0 saturated carbocycles. The molecular weight excluding hydrogens is 260 g/mol. The van der Waals surface area contributed by atoms with Gasteiger partial charge in [0.05, 0.1) is 5.69 Å². The van der Waals surface area contributed by atoms with Gasteiger partial charge in [0.1, 0.15) is 0 Å². The van der Waals surface area contributed by atoms with Crippen molar-refractivity contribution in [2.24, 2.45) is 7.05 Å². The Morgan fingerprint density at radius 1 is 1.24 bits per heavy atom. The molecule has 21 heavy (non-hydrogen) atoms. The van der Waals surface area contributed by atoms with Crippen LogP contribution in [0.4, 0.5) is 5.69 Å². The average molecular weight is 280 g/mol. The summed E-state index contributed by atoms with van der Waals surface area (Å²) in [4.78, 5) is 4.22. The number of hydrogen-bond acceptors (Lipinski definition) is 3. The lowest BCUT2D eigenvalue weighted by molar-refractivity contribution is 0.712. The van der Waals surface area contributed by atoms with Crippen LogP contribution in [0.15, 0.2) is 42.9 Å². The lowest BCUT2D eigenvalue weighted by Gasteiger charge is -2.10. The van der Waals surface area contributed by atoms with Crippen LogP contribution < -0.4 is 5.32 Å². The van der Waals surface area contributed by atoms with Crippen molar-refractivity contribution in [2.45, 2.75) is 26.3 Å². The third-order valence-corrected chi connectivity index (χ3v) is 3.64. The summed E-state index contributed by atoms with van der Waals surface area (Å²) in [7, 11) is 1.97. The van der Waals surface area contributed by atoms with Gasteiger partial charge in [-0.15, -0.1) is 0 Å². The maximum Gasteiger partial charge on any atom is 0.0699 e. The predicted octanol–water partition coefficient (Wildman–Crippen LogP) is 3.70. The number of nitrogens with one attached hydrogen (secondary N) is 1. The monoisotopic (exact) mass is 280 g/mol. The van der Waals surface area contributed by atoms with E-state index in [1.807, 2.05) is 30.2 Å². The Morgan fingerprint density at radius 2 is 2.10 bits per heavy atom. The van der Waals surface area contributed by atoms with E-state index in [-0.39, 0.29) is 0 Å². The highest BCUT2D eigenvalue weighted by molar-refractivity contribution is 5.93. The molecule has 0 spiro atoms. The first-order valence-corrected chi connectivity index (χ1v) is 7.24. The molecule has 0 saturated heterocycles. The number of aromatic nitrogens is 3. The van der Waals surface area contributed by atoms with Crippen molar-refractivity contribution in [3.05, 3.63) is 54.1 Å². The molecule has 0 radical (unpaired) electrons. The van der Waals surface area contributed by atoms with Crippen LogP contribution in [-0.4, -0.2) is 14.8 Å². The normalized spacial score (nSPS) is 11.2. The highest BCUT2D eigenvalue weighted by Crippen LogP contribution is 2.24. The van der Waals surface area contributed by atoms with Gasteiger partial charge in [-0.2, -0.15) is 5.10 Å². The minimum absolute atomic E-state index is 0.428. The van der Waals surface area contributed by atoms with E-state index in [1.165, 1.54) is 10.9 Å². The van der Waals surface area contributed by atoms with Crippen LogP contribution in [-0.2, 0) is 13.6 Å². The first-order chi connectivity index (χ1) is 10.1. The molecule has 1 aromatic carbocycles. The Hall–Kier alpha value is -2.36. The molecule has 0 aliphatic carbocycles. The number of aryl methyl sites for hydroxylation is 1. The van der Waals surface area contributed by atoms with E-state index in [0.29, 0.717) is 5.92 Å². The standard InChI is InChI=1S/C17H20N4/c1-12(2)17-14(11-21(3)20-17)9-19-16-6-4-5-13-7-8-18-10-15(13)16/h4-8,10-12,19H,9H2,1-3H3. The maximum atomic E-state index is 4.55. The lowest BCUT2D eigenvalue weighted by Crippen LogP contribution is -2.03. The fourth-order valence-electron chi connectivity index (χ4n) is 2.64. The molecule has 4 nitrogen and oxygen atoms in total. The molecule has 0 atom stereocenters. The molecule has 3 aromatic rings. The van der Waals surface area contributed by atoms with Gasteiger partial charge in [0.2, 0.25) is 0 Å². The van der Waals surface area contributed by atoms with Gasteiger partial charge in [-0.25, -0.2) is 0 Å². The van der Waals surface area contributed by atoms with Crippen LogP contribution in [0, 0.1) is 0 Å². The predicted molar refractivity (Wildman–Crippen MR) is 86.4 cm³/mol. The molecule has 0 unspecified atom stereocenters. The SMILES string of the molecule is CC(C)c1nn(C)cc1CNc1cccc2ccncc12. The molecule has 0 aliphatic rings. The fraction of sp³-hybridized carbons (Fsp3) is 0.294. The first-order valence-electron chi connectivity index (χ1n) is 7.24. The van der Waals surface area contributed by atoms with Gasteiger partial charge in [0.25, 0.3) is 0 Å². The smallest absolute Gasteiger partial charge is 0.0699 e. The van der Waals surface area contributed by atoms with E-state index in [2.05, 4.69) is 53.6 Å². The molecule has 0 aliphatic heterocycles. The Kier molecular flexibility index (Phi) is 3.60. The summed E-state index contributed by atoms with van der Waals surface area (Å²) in [5.41, 5.74) is 3.51. The summed E-state index contributed by atoms with van der Waals surface area (Å²) < 4.78 is 1.89. The zero-order valence-corrected chi connectivity index (χ0v) is 12.7. The number of nitrogens with zero attached hydrogens (tertiary/aromatic N) is 3. The van der Waals surface area contributed by atoms with E-state index in [4.69, 9.17) is 0 Å². The van der Waals surface area contributed by atoms with Crippen LogP contribution in [0.1, 0.15) is 31.0 Å². The Balaban J connectivity index is 1.87. The van der Waals surface area contributed by atoms with Gasteiger partial charge < -0.3 is 5.32 Å². The Bertz CT molecular complexity index is 753. The van der Waals surface area contributed by atoms with Crippen molar-refractivity contribution in [1.29, 1.82) is 0 Å². The van der Waals surface area contributed by atoms with Gasteiger partial charge in [0.15, 0.2) is 0 Å². The van der Waals surface area contributed by atoms with E-state index in [1.54, 1.807) is 0 Å². The van der Waals surface area contributed by atoms with Crippen LogP contribution in [0.3, 0.4) is 0 Å². The second-order valence-electron chi connectivity index (χ2n) is 5.62. The number of anilines is 1. The topological polar surface area (TPSA) is 42.7 Å². The van der Waals surface area contributed by atoms with E-state index >= 15 is 0 Å². The van der Waals surface area contributed by atoms with Crippen molar-refractivity contribution in [2.75, 3.05) is 5.32 Å². The summed E-state index contributed by atoms with van der Waals surface area (Å²) in [6, 6.07) is 8.29. The highest BCUT2D eigenvalue weighted by Gasteiger charge is 2.11. The molecule has 0 fully saturated rings. The average Bonchev–Trinajstić information content (AvgIpc) is 2.86. The van der Waals surface area contributed by atoms with Gasteiger partial charge >= 0.3 is 0 Å². The zero-order chi connectivity index (χ0) is 14.8. The maximum absolute atomic E-state index is 4.55. The van der Waals surface area contributed by atoms with Crippen molar-refractivity contribution >= 4 is 16.5 Å². The van der Waals surface area contributed by atoms with Crippen LogP contribution in [0.25, 0.3) is 10.8 Å². The van der Waals surface area contributed by atoms with Gasteiger partial charge in [-0.1, -0.05) is 26.0 Å². The number of benzene rings is 1. The zero-order valence-electron chi connectivity index (χ0n) is 12.7. The minimum atomic E-state index is 0.428. The van der Waals surface area contributed by atoms with Gasteiger partial charge in [-0.3, -0.25) is 9.67 Å². The number of pyridine rings is 1. The summed E-state index contributed by atoms with van der Waals surface area (Å²) in [6.07, 6.45) is 5.82. The highest BCUT2D eigenvalue weighted by atomic mass is 15.3. The summed E-state index contributed by atoms with van der Waals surface area (Å²) in [5.74, 6) is 0.428. The van der Waals surface area contributed by atoms with Gasteiger partial charge in [0, 0.05) is 48.8 Å². The molecule has 0 bridgehead atoms. The summed E-state index contributed by atoms with van der Waals surface area (Å²) in [5, 5.41) is 10.4. The number of hydrogen-bond donors (Lipinski definition) is 1. The van der Waals surface area contributed by atoms with Crippen molar-refractivity contribution in [3.63, 3.8) is 0 Å². The first kappa shape index (κ1) is 13.6. The third kappa shape index (κ3) is 2.75. The van der Waals surface area contributed by atoms with Crippen LogP contribution in [0.2, 0.25) is 0 Å². The molecule has 1 N–H and O–H groups in total. The lowest BCUT2D eigenvalue weighted by atomic mass is 10.1.